The van der Waals surface area contributed by atoms with Gasteiger partial charge in [0.05, 0.1) is 0 Å². The first-order valence-corrected chi connectivity index (χ1v) is 11.6. The standard InChI is InChI=1S/C25H28N6O5/c1-4-5-12-30-20(26)19(21(33)27-23(30)35)29(3)18(32)14-31-22(34)25(2,28-24(31)36)17-11-10-15-8-6-7-9-16(15)13-17/h6-11,13H,4-5,12,14,26H2,1-3H3,(H,28,36)(H,27,33,35). The number of carbonyl (C=O) groups excluding carboxylic acids is 3. The number of anilines is 2. The maximum absolute atomic E-state index is 13.4. The Labute approximate surface area is 206 Å². The third-order valence-electron chi connectivity index (χ3n) is 6.55. The van der Waals surface area contributed by atoms with Crippen LogP contribution >= 0.6 is 0 Å². The molecule has 1 saturated heterocycles. The van der Waals surface area contributed by atoms with Crippen LogP contribution in [0.15, 0.2) is 52.1 Å². The smallest absolute Gasteiger partial charge is 0.330 e. The zero-order chi connectivity index (χ0) is 26.2. The van der Waals surface area contributed by atoms with Gasteiger partial charge in [0.1, 0.15) is 17.9 Å². The minimum Gasteiger partial charge on any atom is -0.383 e. The first-order chi connectivity index (χ1) is 17.1. The molecule has 1 aliphatic heterocycles. The third-order valence-corrected chi connectivity index (χ3v) is 6.55. The van der Waals surface area contributed by atoms with E-state index in [0.29, 0.717) is 12.0 Å². The number of H-pyrrole nitrogens is 1. The van der Waals surface area contributed by atoms with Crippen LogP contribution in [0.2, 0.25) is 0 Å². The molecule has 0 radical (unpaired) electrons. The Balaban J connectivity index is 1.60. The third kappa shape index (κ3) is 4.12. The first-order valence-electron chi connectivity index (χ1n) is 11.6. The van der Waals surface area contributed by atoms with Gasteiger partial charge in [0.2, 0.25) is 5.91 Å². The SMILES string of the molecule is CCCCn1c(N)c(N(C)C(=O)CN2C(=O)NC(C)(c3ccc4ccccc4c3)C2=O)c(=O)[nH]c1=O. The summed E-state index contributed by atoms with van der Waals surface area (Å²) >= 11 is 0. The number of likely N-dealkylation sites (N-methyl/N-ethyl adjacent to an activating group) is 1. The van der Waals surface area contributed by atoms with Crippen molar-refractivity contribution < 1.29 is 14.4 Å². The van der Waals surface area contributed by atoms with Crippen molar-refractivity contribution in [1.82, 2.24) is 19.8 Å². The number of amides is 4. The summed E-state index contributed by atoms with van der Waals surface area (Å²) in [6.07, 6.45) is 1.43. The number of aromatic nitrogens is 2. The van der Waals surface area contributed by atoms with E-state index in [2.05, 4.69) is 10.3 Å². The number of carbonyl (C=O) groups is 3. The van der Waals surface area contributed by atoms with Gasteiger partial charge < -0.3 is 16.0 Å². The average molecular weight is 493 g/mol. The van der Waals surface area contributed by atoms with Crippen molar-refractivity contribution in [2.24, 2.45) is 0 Å². The second kappa shape index (κ2) is 9.33. The zero-order valence-electron chi connectivity index (χ0n) is 20.3. The summed E-state index contributed by atoms with van der Waals surface area (Å²) in [5.41, 5.74) is 3.56. The van der Waals surface area contributed by atoms with Crippen LogP contribution < -0.4 is 27.2 Å². The molecule has 11 heteroatoms. The Bertz CT molecular complexity index is 1490. The molecule has 2 aromatic carbocycles. The van der Waals surface area contributed by atoms with Gasteiger partial charge in [0.15, 0.2) is 5.69 Å². The molecule has 3 aromatic rings. The van der Waals surface area contributed by atoms with Gasteiger partial charge in [-0.1, -0.05) is 49.7 Å². The molecule has 4 rings (SSSR count). The van der Waals surface area contributed by atoms with Crippen LogP contribution in [0.5, 0.6) is 0 Å². The van der Waals surface area contributed by atoms with Crippen LogP contribution in [-0.2, 0) is 21.7 Å². The van der Waals surface area contributed by atoms with E-state index in [1.165, 1.54) is 11.6 Å². The van der Waals surface area contributed by atoms with Crippen LogP contribution in [0.4, 0.5) is 16.3 Å². The van der Waals surface area contributed by atoms with Crippen LogP contribution in [-0.4, -0.2) is 45.9 Å². The van der Waals surface area contributed by atoms with Crippen molar-refractivity contribution >= 4 is 40.1 Å². The molecule has 0 saturated carbocycles. The number of benzene rings is 2. The highest BCUT2D eigenvalue weighted by molar-refractivity contribution is 6.11. The Morgan fingerprint density at radius 2 is 1.78 bits per heavy atom. The van der Waals surface area contributed by atoms with Gasteiger partial charge >= 0.3 is 11.7 Å². The van der Waals surface area contributed by atoms with Gasteiger partial charge in [-0.25, -0.2) is 9.59 Å². The summed E-state index contributed by atoms with van der Waals surface area (Å²) in [5, 5.41) is 4.57. The summed E-state index contributed by atoms with van der Waals surface area (Å²) in [6.45, 7) is 3.17. The lowest BCUT2D eigenvalue weighted by Gasteiger charge is -2.24. The van der Waals surface area contributed by atoms with Crippen molar-refractivity contribution in [2.45, 2.75) is 38.8 Å². The first kappa shape index (κ1) is 24.7. The van der Waals surface area contributed by atoms with Gasteiger partial charge in [-0.3, -0.25) is 28.8 Å². The lowest BCUT2D eigenvalue weighted by molar-refractivity contribution is -0.134. The van der Waals surface area contributed by atoms with E-state index < -0.39 is 41.2 Å². The van der Waals surface area contributed by atoms with Crippen molar-refractivity contribution in [3.8, 4) is 0 Å². The molecule has 11 nitrogen and oxygen atoms in total. The minimum atomic E-state index is -1.37. The molecule has 0 spiro atoms. The quantitative estimate of drug-likeness (QED) is 0.425. The van der Waals surface area contributed by atoms with E-state index in [9.17, 15) is 24.0 Å². The lowest BCUT2D eigenvalue weighted by Crippen LogP contribution is -2.46. The highest BCUT2D eigenvalue weighted by Crippen LogP contribution is 2.31. The van der Waals surface area contributed by atoms with Crippen LogP contribution in [0.3, 0.4) is 0 Å². The van der Waals surface area contributed by atoms with Gasteiger partial charge in [0.25, 0.3) is 11.5 Å². The predicted molar refractivity (Wildman–Crippen MR) is 136 cm³/mol. The topological polar surface area (TPSA) is 151 Å². The molecule has 1 unspecified atom stereocenters. The molecule has 1 atom stereocenters. The fraction of sp³-hybridized carbons (Fsp3) is 0.320. The number of fused-ring (bicyclic) bond motifs is 1. The molecule has 188 valence electrons. The number of unbranched alkanes of at least 4 members (excludes halogenated alkanes) is 1. The number of nitrogens with two attached hydrogens (primary N) is 1. The normalized spacial score (nSPS) is 17.5. The number of rotatable bonds is 7. The molecule has 36 heavy (non-hydrogen) atoms. The number of hydrogen-bond donors (Lipinski definition) is 3. The zero-order valence-corrected chi connectivity index (χ0v) is 20.3. The minimum absolute atomic E-state index is 0.161. The molecular weight excluding hydrogens is 464 g/mol. The second-order valence-electron chi connectivity index (χ2n) is 8.96. The average Bonchev–Trinajstić information content (AvgIpc) is 3.07. The Kier molecular flexibility index (Phi) is 6.40. The molecule has 1 fully saturated rings. The van der Waals surface area contributed by atoms with Gasteiger partial charge in [-0.05, 0) is 35.7 Å². The number of hydrogen-bond acceptors (Lipinski definition) is 6. The highest BCUT2D eigenvalue weighted by atomic mass is 16.2. The molecule has 4 amide bonds. The van der Waals surface area contributed by atoms with Gasteiger partial charge in [-0.15, -0.1) is 0 Å². The van der Waals surface area contributed by atoms with E-state index in [1.54, 1.807) is 13.0 Å². The second-order valence-corrected chi connectivity index (χ2v) is 8.96. The maximum Gasteiger partial charge on any atom is 0.330 e. The molecule has 1 aromatic heterocycles. The van der Waals surface area contributed by atoms with Crippen LogP contribution in [0.25, 0.3) is 10.8 Å². The number of nitrogens with one attached hydrogen (secondary N) is 2. The van der Waals surface area contributed by atoms with E-state index in [0.717, 1.165) is 27.0 Å². The Morgan fingerprint density at radius 1 is 1.08 bits per heavy atom. The Hall–Kier alpha value is -4.41. The number of urea groups is 1. The number of imide groups is 1. The fourth-order valence-electron chi connectivity index (χ4n) is 4.34. The molecule has 4 N–H and O–H groups in total. The maximum atomic E-state index is 13.4. The number of nitrogen functional groups attached to an aromatic ring is 1. The summed E-state index contributed by atoms with van der Waals surface area (Å²) in [5.74, 6) is -1.48. The monoisotopic (exact) mass is 492 g/mol. The number of nitrogens with zero attached hydrogens (tertiary/aromatic N) is 3. The van der Waals surface area contributed by atoms with Crippen molar-refractivity contribution in [3.05, 3.63) is 68.9 Å². The predicted octanol–water partition coefficient (Wildman–Crippen LogP) is 1.50. The van der Waals surface area contributed by atoms with Crippen molar-refractivity contribution in [3.63, 3.8) is 0 Å². The van der Waals surface area contributed by atoms with Crippen molar-refractivity contribution in [1.29, 1.82) is 0 Å². The van der Waals surface area contributed by atoms with Crippen LogP contribution in [0, 0.1) is 0 Å². The number of aromatic amines is 1. The van der Waals surface area contributed by atoms with Gasteiger partial charge in [0, 0.05) is 13.6 Å². The van der Waals surface area contributed by atoms with Crippen LogP contribution in [0.1, 0.15) is 32.3 Å². The Morgan fingerprint density at radius 3 is 2.47 bits per heavy atom. The molecular formula is C25H28N6O5. The van der Waals surface area contributed by atoms with E-state index in [-0.39, 0.29) is 18.1 Å². The highest BCUT2D eigenvalue weighted by Gasteiger charge is 2.49. The summed E-state index contributed by atoms with van der Waals surface area (Å²) in [4.78, 5) is 67.8. The summed E-state index contributed by atoms with van der Waals surface area (Å²) in [6, 6.07) is 12.3. The molecule has 0 aliphatic carbocycles. The summed E-state index contributed by atoms with van der Waals surface area (Å²) < 4.78 is 1.19. The molecule has 0 bridgehead atoms. The summed E-state index contributed by atoms with van der Waals surface area (Å²) in [7, 11) is 1.30. The molecule has 1 aliphatic rings. The van der Waals surface area contributed by atoms with Crippen molar-refractivity contribution in [2.75, 3.05) is 24.2 Å². The van der Waals surface area contributed by atoms with Gasteiger partial charge in [-0.2, -0.15) is 0 Å². The fourth-order valence-corrected chi connectivity index (χ4v) is 4.34. The largest absolute Gasteiger partial charge is 0.383 e. The van der Waals surface area contributed by atoms with E-state index in [1.807, 2.05) is 43.3 Å². The van der Waals surface area contributed by atoms with E-state index in [4.69, 9.17) is 5.73 Å². The molecule has 2 heterocycles. The van der Waals surface area contributed by atoms with E-state index >= 15 is 0 Å². The lowest BCUT2D eigenvalue weighted by atomic mass is 9.90.